The summed E-state index contributed by atoms with van der Waals surface area (Å²) in [6.45, 7) is 3.89. The Bertz CT molecular complexity index is 359. The van der Waals surface area contributed by atoms with Crippen molar-refractivity contribution in [1.82, 2.24) is 0 Å². The molecule has 0 spiro atoms. The number of hydrogen-bond acceptors (Lipinski definition) is 3. The van der Waals surface area contributed by atoms with Gasteiger partial charge >= 0.3 is 0 Å². The molecule has 0 saturated heterocycles. The Balaban J connectivity index is 3.11. The SMILES string of the molecule is Cc1ccc(C(=O)CCN)c(C)c1O. The molecule has 0 radical (unpaired) electrons. The summed E-state index contributed by atoms with van der Waals surface area (Å²) >= 11 is 0. The number of nitrogens with two attached hydrogens (primary N) is 1. The molecule has 14 heavy (non-hydrogen) atoms. The van der Waals surface area contributed by atoms with Crippen LogP contribution in [0, 0.1) is 13.8 Å². The molecule has 1 aromatic rings. The van der Waals surface area contributed by atoms with Crippen molar-refractivity contribution in [2.24, 2.45) is 5.73 Å². The van der Waals surface area contributed by atoms with Crippen LogP contribution in [0.2, 0.25) is 0 Å². The number of carbonyl (C=O) groups is 1. The minimum Gasteiger partial charge on any atom is -0.507 e. The fourth-order valence-corrected chi connectivity index (χ4v) is 1.40. The first-order valence-electron chi connectivity index (χ1n) is 4.60. The van der Waals surface area contributed by atoms with Gasteiger partial charge in [0.05, 0.1) is 0 Å². The second-order valence-corrected chi connectivity index (χ2v) is 3.37. The number of rotatable bonds is 3. The lowest BCUT2D eigenvalue weighted by Crippen LogP contribution is -2.09. The van der Waals surface area contributed by atoms with Gasteiger partial charge < -0.3 is 10.8 Å². The van der Waals surface area contributed by atoms with E-state index < -0.39 is 0 Å². The van der Waals surface area contributed by atoms with Crippen LogP contribution in [0.15, 0.2) is 12.1 Å². The lowest BCUT2D eigenvalue weighted by atomic mass is 9.99. The van der Waals surface area contributed by atoms with Crippen molar-refractivity contribution < 1.29 is 9.90 Å². The molecular weight excluding hydrogens is 178 g/mol. The van der Waals surface area contributed by atoms with Gasteiger partial charge in [0.25, 0.3) is 0 Å². The maximum atomic E-state index is 11.5. The standard InChI is InChI=1S/C11H15NO2/c1-7-3-4-9(8(2)11(7)14)10(13)5-6-12/h3-4,14H,5-6,12H2,1-2H3. The molecule has 76 valence electrons. The Hall–Kier alpha value is -1.35. The predicted molar refractivity (Wildman–Crippen MR) is 55.6 cm³/mol. The Kier molecular flexibility index (Phi) is 3.25. The number of hydrogen-bond donors (Lipinski definition) is 2. The minimum absolute atomic E-state index is 0.0136. The van der Waals surface area contributed by atoms with E-state index in [4.69, 9.17) is 5.73 Å². The number of Topliss-reactive ketones (excluding diaryl/α,β-unsaturated/α-hetero) is 1. The molecule has 0 aromatic heterocycles. The van der Waals surface area contributed by atoms with Crippen molar-refractivity contribution in [3.05, 3.63) is 28.8 Å². The van der Waals surface area contributed by atoms with Crippen LogP contribution in [0.5, 0.6) is 5.75 Å². The van der Waals surface area contributed by atoms with Gasteiger partial charge in [-0.25, -0.2) is 0 Å². The summed E-state index contributed by atoms with van der Waals surface area (Å²) in [6.07, 6.45) is 0.323. The van der Waals surface area contributed by atoms with E-state index in [1.165, 1.54) is 0 Å². The molecule has 1 rings (SSSR count). The molecule has 0 amide bonds. The fraction of sp³-hybridized carbons (Fsp3) is 0.364. The van der Waals surface area contributed by atoms with Crippen LogP contribution in [-0.4, -0.2) is 17.4 Å². The number of phenolic OH excluding ortho intramolecular Hbond substituents is 1. The van der Waals surface area contributed by atoms with Crippen molar-refractivity contribution in [2.45, 2.75) is 20.3 Å². The van der Waals surface area contributed by atoms with E-state index in [2.05, 4.69) is 0 Å². The van der Waals surface area contributed by atoms with Gasteiger partial charge in [-0.05, 0) is 26.0 Å². The molecule has 3 heteroatoms. The van der Waals surface area contributed by atoms with Crippen molar-refractivity contribution in [3.8, 4) is 5.75 Å². The van der Waals surface area contributed by atoms with Crippen LogP contribution in [-0.2, 0) is 0 Å². The number of aromatic hydroxyl groups is 1. The lowest BCUT2D eigenvalue weighted by Gasteiger charge is -2.08. The number of aryl methyl sites for hydroxylation is 1. The zero-order valence-corrected chi connectivity index (χ0v) is 8.50. The van der Waals surface area contributed by atoms with Crippen molar-refractivity contribution in [2.75, 3.05) is 6.54 Å². The summed E-state index contributed by atoms with van der Waals surface area (Å²) in [7, 11) is 0. The van der Waals surface area contributed by atoms with E-state index in [1.54, 1.807) is 26.0 Å². The largest absolute Gasteiger partial charge is 0.507 e. The first-order chi connectivity index (χ1) is 6.57. The summed E-state index contributed by atoms with van der Waals surface area (Å²) in [6, 6.07) is 3.48. The van der Waals surface area contributed by atoms with Crippen LogP contribution < -0.4 is 5.73 Å². The Labute approximate surface area is 83.6 Å². The van der Waals surface area contributed by atoms with Gasteiger partial charge in [0.2, 0.25) is 0 Å². The molecular formula is C11H15NO2. The summed E-state index contributed by atoms with van der Waals surface area (Å²) in [5, 5.41) is 9.62. The fourth-order valence-electron chi connectivity index (χ4n) is 1.40. The van der Waals surface area contributed by atoms with Crippen LogP contribution in [0.3, 0.4) is 0 Å². The van der Waals surface area contributed by atoms with Gasteiger partial charge in [-0.3, -0.25) is 4.79 Å². The summed E-state index contributed by atoms with van der Waals surface area (Å²) in [5.74, 6) is 0.188. The molecule has 1 aromatic carbocycles. The third-order valence-electron chi connectivity index (χ3n) is 2.30. The highest BCUT2D eigenvalue weighted by atomic mass is 16.3. The summed E-state index contributed by atoms with van der Waals surface area (Å²) < 4.78 is 0. The topological polar surface area (TPSA) is 63.3 Å². The first-order valence-corrected chi connectivity index (χ1v) is 4.60. The third-order valence-corrected chi connectivity index (χ3v) is 2.30. The maximum absolute atomic E-state index is 11.5. The number of phenols is 1. The van der Waals surface area contributed by atoms with Crippen molar-refractivity contribution >= 4 is 5.78 Å². The Morgan fingerprint density at radius 1 is 1.43 bits per heavy atom. The molecule has 0 saturated carbocycles. The molecule has 3 nitrogen and oxygen atoms in total. The van der Waals surface area contributed by atoms with E-state index in [-0.39, 0.29) is 11.5 Å². The van der Waals surface area contributed by atoms with Crippen molar-refractivity contribution in [3.63, 3.8) is 0 Å². The minimum atomic E-state index is -0.0136. The molecule has 0 atom stereocenters. The molecule has 0 fully saturated rings. The van der Waals surface area contributed by atoms with Gasteiger partial charge in [0.1, 0.15) is 5.75 Å². The normalized spacial score (nSPS) is 10.2. The summed E-state index contributed by atoms with van der Waals surface area (Å²) in [5.41, 5.74) is 7.30. The highest BCUT2D eigenvalue weighted by Crippen LogP contribution is 2.25. The molecule has 0 bridgehead atoms. The predicted octanol–water partition coefficient (Wildman–Crippen LogP) is 1.54. The van der Waals surface area contributed by atoms with Crippen LogP contribution >= 0.6 is 0 Å². The molecule has 0 aliphatic carbocycles. The van der Waals surface area contributed by atoms with Gasteiger partial charge in [-0.15, -0.1) is 0 Å². The lowest BCUT2D eigenvalue weighted by molar-refractivity contribution is 0.0984. The quantitative estimate of drug-likeness (QED) is 0.716. The van der Waals surface area contributed by atoms with Gasteiger partial charge in [-0.2, -0.15) is 0 Å². The highest BCUT2D eigenvalue weighted by molar-refractivity contribution is 5.98. The van der Waals surface area contributed by atoms with Gasteiger partial charge in [-0.1, -0.05) is 12.1 Å². The van der Waals surface area contributed by atoms with E-state index >= 15 is 0 Å². The molecule has 0 aliphatic rings. The summed E-state index contributed by atoms with van der Waals surface area (Å²) in [4.78, 5) is 11.5. The number of carbonyl (C=O) groups excluding carboxylic acids is 1. The van der Waals surface area contributed by atoms with Gasteiger partial charge in [0, 0.05) is 17.5 Å². The average Bonchev–Trinajstić information content (AvgIpc) is 2.15. The van der Waals surface area contributed by atoms with E-state index in [0.29, 0.717) is 24.1 Å². The van der Waals surface area contributed by atoms with Crippen LogP contribution in [0.25, 0.3) is 0 Å². The molecule has 3 N–H and O–H groups in total. The maximum Gasteiger partial charge on any atom is 0.164 e. The zero-order chi connectivity index (χ0) is 10.7. The smallest absolute Gasteiger partial charge is 0.164 e. The molecule has 0 heterocycles. The van der Waals surface area contributed by atoms with Crippen LogP contribution in [0.4, 0.5) is 0 Å². The van der Waals surface area contributed by atoms with E-state index in [0.717, 1.165) is 5.56 Å². The molecule has 0 unspecified atom stereocenters. The van der Waals surface area contributed by atoms with Gasteiger partial charge in [0.15, 0.2) is 5.78 Å². The second-order valence-electron chi connectivity index (χ2n) is 3.37. The monoisotopic (exact) mass is 193 g/mol. The van der Waals surface area contributed by atoms with Crippen molar-refractivity contribution in [1.29, 1.82) is 0 Å². The van der Waals surface area contributed by atoms with E-state index in [9.17, 15) is 9.90 Å². The zero-order valence-electron chi connectivity index (χ0n) is 8.50. The third kappa shape index (κ3) is 1.93. The highest BCUT2D eigenvalue weighted by Gasteiger charge is 2.11. The first kappa shape index (κ1) is 10.7. The number of benzene rings is 1. The number of ketones is 1. The molecule has 0 aliphatic heterocycles. The second kappa shape index (κ2) is 4.24. The Morgan fingerprint density at radius 2 is 2.07 bits per heavy atom. The average molecular weight is 193 g/mol. The van der Waals surface area contributed by atoms with Crippen LogP contribution in [0.1, 0.15) is 27.9 Å². The van der Waals surface area contributed by atoms with E-state index in [1.807, 2.05) is 0 Å². The Morgan fingerprint density at radius 3 is 2.64 bits per heavy atom.